The van der Waals surface area contributed by atoms with Crippen LogP contribution in [0.5, 0.6) is 0 Å². The summed E-state index contributed by atoms with van der Waals surface area (Å²) in [6.45, 7) is 2.36. The number of nitrogens with zero attached hydrogens (tertiary/aromatic N) is 1. The minimum Gasteiger partial charge on any atom is -0.390 e. The van der Waals surface area contributed by atoms with E-state index in [1.54, 1.807) is 24.3 Å². The van der Waals surface area contributed by atoms with E-state index in [0.29, 0.717) is 0 Å². The fraction of sp³-hybridized carbons (Fsp3) is 0.538. The average Bonchev–Trinajstić information content (AvgIpc) is 2.53. The Kier molecular flexibility index (Phi) is 4.25. The fourth-order valence-electron chi connectivity index (χ4n) is 2.15. The van der Waals surface area contributed by atoms with Crippen LogP contribution in [0, 0.1) is 6.92 Å². The Morgan fingerprint density at radius 2 is 1.53 bits per heavy atom. The molecule has 19 heavy (non-hydrogen) atoms. The molecule has 0 radical (unpaired) electrons. The van der Waals surface area contributed by atoms with Gasteiger partial charge in [-0.1, -0.05) is 17.7 Å². The lowest BCUT2D eigenvalue weighted by molar-refractivity contribution is 0.0187. The highest BCUT2D eigenvalue weighted by molar-refractivity contribution is 7.89. The molecule has 1 heterocycles. The van der Waals surface area contributed by atoms with Crippen LogP contribution in [-0.4, -0.2) is 48.2 Å². The smallest absolute Gasteiger partial charge is 0.243 e. The number of rotatable bonds is 2. The Morgan fingerprint density at radius 1 is 1.05 bits per heavy atom. The molecule has 0 unspecified atom stereocenters. The lowest BCUT2D eigenvalue weighted by Crippen LogP contribution is -2.32. The maximum Gasteiger partial charge on any atom is 0.243 e. The Morgan fingerprint density at radius 3 is 2.00 bits per heavy atom. The van der Waals surface area contributed by atoms with Crippen LogP contribution >= 0.6 is 0 Å². The van der Waals surface area contributed by atoms with Gasteiger partial charge in [0.25, 0.3) is 0 Å². The zero-order valence-electron chi connectivity index (χ0n) is 10.9. The van der Waals surface area contributed by atoms with E-state index < -0.39 is 22.2 Å². The molecule has 0 aliphatic carbocycles. The molecule has 5 nitrogen and oxygen atoms in total. The summed E-state index contributed by atoms with van der Waals surface area (Å²) in [5.74, 6) is 0. The van der Waals surface area contributed by atoms with Gasteiger partial charge in [-0.3, -0.25) is 0 Å². The van der Waals surface area contributed by atoms with Crippen molar-refractivity contribution in [3.8, 4) is 0 Å². The van der Waals surface area contributed by atoms with Gasteiger partial charge in [-0.2, -0.15) is 4.31 Å². The van der Waals surface area contributed by atoms with Gasteiger partial charge in [-0.05, 0) is 31.9 Å². The third kappa shape index (κ3) is 3.14. The molecule has 0 bridgehead atoms. The molecule has 0 aromatic heterocycles. The predicted molar refractivity (Wildman–Crippen MR) is 71.2 cm³/mol. The zero-order chi connectivity index (χ0) is 14.0. The second-order valence-electron chi connectivity index (χ2n) is 4.93. The number of hydrogen-bond acceptors (Lipinski definition) is 4. The van der Waals surface area contributed by atoms with Crippen molar-refractivity contribution in [2.45, 2.75) is 36.9 Å². The Hall–Kier alpha value is -0.950. The Balaban J connectivity index is 2.22. The van der Waals surface area contributed by atoms with Crippen molar-refractivity contribution >= 4 is 10.0 Å². The van der Waals surface area contributed by atoms with E-state index in [-0.39, 0.29) is 30.8 Å². The van der Waals surface area contributed by atoms with Gasteiger partial charge >= 0.3 is 0 Å². The van der Waals surface area contributed by atoms with Crippen LogP contribution in [0.15, 0.2) is 29.2 Å². The van der Waals surface area contributed by atoms with Crippen LogP contribution in [0.3, 0.4) is 0 Å². The minimum absolute atomic E-state index is 0.231. The highest BCUT2D eigenvalue weighted by atomic mass is 32.2. The first-order chi connectivity index (χ1) is 8.91. The number of aliphatic hydroxyl groups is 2. The van der Waals surface area contributed by atoms with Crippen LogP contribution in [0.4, 0.5) is 0 Å². The topological polar surface area (TPSA) is 77.8 Å². The van der Waals surface area contributed by atoms with E-state index in [1.165, 1.54) is 4.31 Å². The van der Waals surface area contributed by atoms with E-state index in [9.17, 15) is 18.6 Å². The van der Waals surface area contributed by atoms with Crippen LogP contribution < -0.4 is 0 Å². The number of benzene rings is 1. The second-order valence-corrected chi connectivity index (χ2v) is 6.87. The van der Waals surface area contributed by atoms with Crippen molar-refractivity contribution in [2.24, 2.45) is 0 Å². The lowest BCUT2D eigenvalue weighted by Gasteiger charge is -2.19. The Labute approximate surface area is 113 Å². The molecule has 106 valence electrons. The lowest BCUT2D eigenvalue weighted by atomic mass is 10.1. The maximum absolute atomic E-state index is 12.4. The number of sulfonamides is 1. The SMILES string of the molecule is Cc1ccc(S(=O)(=O)N2CC[C@@H](O)[C@@H](O)CC2)cc1. The highest BCUT2D eigenvalue weighted by Crippen LogP contribution is 2.21. The molecule has 1 aliphatic rings. The van der Waals surface area contributed by atoms with Crippen molar-refractivity contribution in [1.29, 1.82) is 0 Å². The summed E-state index contributed by atoms with van der Waals surface area (Å²) in [5.41, 5.74) is 1.00. The third-order valence-corrected chi connectivity index (χ3v) is 5.36. The molecular formula is C13H19NO4S. The van der Waals surface area contributed by atoms with E-state index in [4.69, 9.17) is 0 Å². The average molecular weight is 285 g/mol. The van der Waals surface area contributed by atoms with Gasteiger partial charge in [0, 0.05) is 13.1 Å². The van der Waals surface area contributed by atoms with Gasteiger partial charge in [0.2, 0.25) is 10.0 Å². The molecule has 1 saturated heterocycles. The normalized spacial score (nSPS) is 26.1. The first kappa shape index (κ1) is 14.5. The molecule has 1 aliphatic heterocycles. The fourth-order valence-corrected chi connectivity index (χ4v) is 3.62. The molecule has 0 spiro atoms. The van der Waals surface area contributed by atoms with Crippen molar-refractivity contribution < 1.29 is 18.6 Å². The first-order valence-electron chi connectivity index (χ1n) is 6.34. The summed E-state index contributed by atoms with van der Waals surface area (Å²) in [7, 11) is -3.54. The van der Waals surface area contributed by atoms with Crippen LogP contribution in [0.25, 0.3) is 0 Å². The third-order valence-electron chi connectivity index (χ3n) is 3.45. The molecule has 6 heteroatoms. The predicted octanol–water partition coefficient (Wildman–Crippen LogP) is 0.501. The summed E-state index contributed by atoms with van der Waals surface area (Å²) in [6, 6.07) is 6.69. The van der Waals surface area contributed by atoms with Crippen molar-refractivity contribution in [3.63, 3.8) is 0 Å². The first-order valence-corrected chi connectivity index (χ1v) is 7.78. The molecule has 1 aromatic rings. The summed E-state index contributed by atoms with van der Waals surface area (Å²) in [4.78, 5) is 0.254. The van der Waals surface area contributed by atoms with Crippen LogP contribution in [-0.2, 0) is 10.0 Å². The molecule has 0 amide bonds. The monoisotopic (exact) mass is 285 g/mol. The summed E-state index contributed by atoms with van der Waals surface area (Å²) in [6.07, 6.45) is -1.19. The minimum atomic E-state index is -3.54. The van der Waals surface area contributed by atoms with E-state index >= 15 is 0 Å². The molecule has 2 atom stereocenters. The van der Waals surface area contributed by atoms with E-state index in [2.05, 4.69) is 0 Å². The second kappa shape index (κ2) is 5.58. The largest absolute Gasteiger partial charge is 0.390 e. The quantitative estimate of drug-likeness (QED) is 0.829. The molecule has 0 saturated carbocycles. The van der Waals surface area contributed by atoms with Gasteiger partial charge in [0.05, 0.1) is 17.1 Å². The zero-order valence-corrected chi connectivity index (χ0v) is 11.7. The molecule has 1 aromatic carbocycles. The standard InChI is InChI=1S/C13H19NO4S/c1-10-2-4-11(5-3-10)19(17,18)14-8-6-12(15)13(16)7-9-14/h2-5,12-13,15-16H,6-9H2,1H3/t12-,13+. The molecule has 2 rings (SSSR count). The highest BCUT2D eigenvalue weighted by Gasteiger charge is 2.30. The van der Waals surface area contributed by atoms with Gasteiger partial charge in [-0.15, -0.1) is 0 Å². The molecule has 1 fully saturated rings. The number of hydrogen-bond donors (Lipinski definition) is 2. The number of aryl methyl sites for hydroxylation is 1. The van der Waals surface area contributed by atoms with E-state index in [1.807, 2.05) is 6.92 Å². The Bertz CT molecular complexity index is 514. The van der Waals surface area contributed by atoms with Gasteiger partial charge < -0.3 is 10.2 Å². The van der Waals surface area contributed by atoms with E-state index in [0.717, 1.165) is 5.56 Å². The summed E-state index contributed by atoms with van der Waals surface area (Å²) >= 11 is 0. The van der Waals surface area contributed by atoms with Crippen molar-refractivity contribution in [1.82, 2.24) is 4.31 Å². The van der Waals surface area contributed by atoms with Crippen LogP contribution in [0.2, 0.25) is 0 Å². The maximum atomic E-state index is 12.4. The summed E-state index contributed by atoms with van der Waals surface area (Å²) in [5, 5.41) is 19.2. The van der Waals surface area contributed by atoms with Gasteiger partial charge in [0.15, 0.2) is 0 Å². The van der Waals surface area contributed by atoms with Gasteiger partial charge in [-0.25, -0.2) is 8.42 Å². The van der Waals surface area contributed by atoms with Crippen molar-refractivity contribution in [2.75, 3.05) is 13.1 Å². The molecule has 2 N–H and O–H groups in total. The summed E-state index contributed by atoms with van der Waals surface area (Å²) < 4.78 is 26.2. The molecular weight excluding hydrogens is 266 g/mol. The number of aliphatic hydroxyl groups excluding tert-OH is 2. The van der Waals surface area contributed by atoms with Crippen molar-refractivity contribution in [3.05, 3.63) is 29.8 Å². The van der Waals surface area contributed by atoms with Crippen LogP contribution in [0.1, 0.15) is 18.4 Å². The van der Waals surface area contributed by atoms with Gasteiger partial charge in [0.1, 0.15) is 0 Å².